The average molecular weight is 454 g/mol. The summed E-state index contributed by atoms with van der Waals surface area (Å²) in [5.41, 5.74) is 3.82. The molecule has 0 unspecified atom stereocenters. The van der Waals surface area contributed by atoms with Crippen molar-refractivity contribution in [2.45, 2.75) is 18.7 Å². The summed E-state index contributed by atoms with van der Waals surface area (Å²) >= 11 is 6.07. The van der Waals surface area contributed by atoms with Crippen LogP contribution in [0.15, 0.2) is 32.0 Å². The summed E-state index contributed by atoms with van der Waals surface area (Å²) in [5, 5.41) is 0. The van der Waals surface area contributed by atoms with Gasteiger partial charge >= 0.3 is 0 Å². The Morgan fingerprint density at radius 3 is 2.05 bits per heavy atom. The van der Waals surface area contributed by atoms with Gasteiger partial charge in [0.05, 0.1) is 0 Å². The number of nitrogens with one attached hydrogen (secondary N) is 2. The van der Waals surface area contributed by atoms with Crippen molar-refractivity contribution < 1.29 is 12.8 Å². The summed E-state index contributed by atoms with van der Waals surface area (Å²) in [4.78, 5) is 10.1. The van der Waals surface area contributed by atoms with E-state index in [1.165, 1.54) is 0 Å². The normalized spacial score (nSPS) is 11.5. The van der Waals surface area contributed by atoms with Crippen molar-refractivity contribution in [3.8, 4) is 0 Å². The van der Waals surface area contributed by atoms with Crippen molar-refractivity contribution >= 4 is 47.8 Å². The lowest BCUT2D eigenvalue weighted by atomic mass is 10.3. The molecule has 0 aliphatic rings. The van der Waals surface area contributed by atoms with E-state index in [0.29, 0.717) is 11.4 Å². The van der Waals surface area contributed by atoms with Crippen LogP contribution in [0.3, 0.4) is 0 Å². The first-order valence-electron chi connectivity index (χ1n) is 5.94. The van der Waals surface area contributed by atoms with Crippen molar-refractivity contribution in [3.05, 3.63) is 44.3 Å². The Balaban J connectivity index is 2.29. The fraction of sp³-hybridized carbons (Fsp3) is 0.167. The second-order valence-corrected chi connectivity index (χ2v) is 7.73. The molecule has 0 bridgehead atoms. The van der Waals surface area contributed by atoms with E-state index >= 15 is 0 Å². The number of hydrogen-bond acceptors (Lipinski definition) is 5. The van der Waals surface area contributed by atoms with Gasteiger partial charge in [-0.25, -0.2) is 22.8 Å². The maximum Gasteiger partial charge on any atom is 0.259 e. The molecular formula is C12H11Br2FN4O2S. The zero-order valence-corrected chi connectivity index (χ0v) is 15.5. The summed E-state index contributed by atoms with van der Waals surface area (Å²) in [7, 11) is -3.96. The van der Waals surface area contributed by atoms with Gasteiger partial charge in [0.2, 0.25) is 5.95 Å². The van der Waals surface area contributed by atoms with Gasteiger partial charge in [-0.05, 0) is 63.9 Å². The molecule has 2 aromatic rings. The maximum absolute atomic E-state index is 13.2. The number of rotatable bonds is 4. The zero-order chi connectivity index (χ0) is 16.5. The van der Waals surface area contributed by atoms with Crippen molar-refractivity contribution in [3.63, 3.8) is 0 Å². The molecule has 2 N–H and O–H groups in total. The lowest BCUT2D eigenvalue weighted by Crippen LogP contribution is -2.31. The van der Waals surface area contributed by atoms with Crippen LogP contribution >= 0.6 is 31.9 Å². The highest BCUT2D eigenvalue weighted by Gasteiger charge is 2.22. The highest BCUT2D eigenvalue weighted by molar-refractivity contribution is 9.11. The maximum atomic E-state index is 13.2. The fourth-order valence-corrected chi connectivity index (χ4v) is 5.10. The Labute approximate surface area is 143 Å². The van der Waals surface area contributed by atoms with Gasteiger partial charge in [0.25, 0.3) is 10.0 Å². The summed E-state index contributed by atoms with van der Waals surface area (Å²) in [6, 6.07) is 3.88. The first kappa shape index (κ1) is 17.3. The Hall–Kier alpha value is -1.10. The smallest absolute Gasteiger partial charge is 0.259 e. The van der Waals surface area contributed by atoms with Crippen LogP contribution in [0.2, 0.25) is 0 Å². The molecule has 0 aliphatic heterocycles. The summed E-state index contributed by atoms with van der Waals surface area (Å²) in [5.74, 6) is -0.446. The molecule has 0 fully saturated rings. The molecule has 1 aromatic heterocycles. The minimum absolute atomic E-state index is 0.0926. The number of anilines is 1. The molecule has 0 atom stereocenters. The molecule has 6 nitrogen and oxygen atoms in total. The molecule has 0 aliphatic carbocycles. The van der Waals surface area contributed by atoms with E-state index < -0.39 is 15.8 Å². The number of hydrogen-bond donors (Lipinski definition) is 2. The van der Waals surface area contributed by atoms with Crippen molar-refractivity contribution in [1.29, 1.82) is 0 Å². The topological polar surface area (TPSA) is 84.0 Å². The number of halogens is 3. The molecule has 0 radical (unpaired) electrons. The Morgan fingerprint density at radius 2 is 1.55 bits per heavy atom. The standard InChI is InChI=1S/C12H11Br2FN4O2S/c1-6-3-7(2)17-12(16-6)18-19-22(20,21)11-9(13)4-8(15)5-10(11)14/h3-5,19H,1-2H3,(H,16,17,18). The van der Waals surface area contributed by atoms with Crippen molar-refractivity contribution in [1.82, 2.24) is 14.8 Å². The number of hydrazine groups is 1. The fourth-order valence-electron chi connectivity index (χ4n) is 1.73. The largest absolute Gasteiger partial charge is 0.276 e. The predicted octanol–water partition coefficient (Wildman–Crippen LogP) is 3.06. The molecular weight excluding hydrogens is 443 g/mol. The number of aryl methyl sites for hydroxylation is 2. The Morgan fingerprint density at radius 1 is 1.05 bits per heavy atom. The lowest BCUT2D eigenvalue weighted by molar-refractivity contribution is 0.584. The van der Waals surface area contributed by atoms with Crippen LogP contribution in [-0.4, -0.2) is 18.4 Å². The van der Waals surface area contributed by atoms with Gasteiger partial charge < -0.3 is 0 Å². The molecule has 10 heteroatoms. The number of nitrogens with zero attached hydrogens (tertiary/aromatic N) is 2. The molecule has 1 heterocycles. The van der Waals surface area contributed by atoms with E-state index in [1.54, 1.807) is 19.9 Å². The zero-order valence-electron chi connectivity index (χ0n) is 11.5. The van der Waals surface area contributed by atoms with Crippen LogP contribution in [0, 0.1) is 19.7 Å². The molecule has 22 heavy (non-hydrogen) atoms. The van der Waals surface area contributed by atoms with Crippen molar-refractivity contribution in [2.24, 2.45) is 0 Å². The monoisotopic (exact) mass is 452 g/mol. The van der Waals surface area contributed by atoms with E-state index in [1.807, 2.05) is 0 Å². The van der Waals surface area contributed by atoms with Crippen molar-refractivity contribution in [2.75, 3.05) is 5.43 Å². The first-order chi connectivity index (χ1) is 10.2. The van der Waals surface area contributed by atoms with Crippen LogP contribution in [-0.2, 0) is 10.0 Å². The highest BCUT2D eigenvalue weighted by Crippen LogP contribution is 2.30. The van der Waals surface area contributed by atoms with Crippen LogP contribution in [0.25, 0.3) is 0 Å². The molecule has 0 amide bonds. The van der Waals surface area contributed by atoms with Gasteiger partial charge in [-0.1, -0.05) is 0 Å². The van der Waals surface area contributed by atoms with E-state index in [4.69, 9.17) is 0 Å². The van der Waals surface area contributed by atoms with Gasteiger partial charge in [0, 0.05) is 20.3 Å². The summed E-state index contributed by atoms with van der Waals surface area (Å²) in [6.07, 6.45) is 0. The average Bonchev–Trinajstić information content (AvgIpc) is 2.33. The van der Waals surface area contributed by atoms with Crippen LogP contribution in [0.5, 0.6) is 0 Å². The lowest BCUT2D eigenvalue weighted by Gasteiger charge is -2.12. The second-order valence-electron chi connectivity index (χ2n) is 4.40. The van der Waals surface area contributed by atoms with Gasteiger partial charge in [-0.2, -0.15) is 0 Å². The van der Waals surface area contributed by atoms with Crippen LogP contribution in [0.1, 0.15) is 11.4 Å². The van der Waals surface area contributed by atoms with E-state index in [9.17, 15) is 12.8 Å². The molecule has 1 aromatic carbocycles. The van der Waals surface area contributed by atoms with Crippen LogP contribution in [0.4, 0.5) is 10.3 Å². The minimum atomic E-state index is -3.96. The number of sulfonamides is 1. The van der Waals surface area contributed by atoms with E-state index in [0.717, 1.165) is 12.1 Å². The summed E-state index contributed by atoms with van der Waals surface area (Å²) < 4.78 is 38.0. The van der Waals surface area contributed by atoms with E-state index in [-0.39, 0.29) is 19.8 Å². The third-order valence-corrected chi connectivity index (χ3v) is 5.64. The van der Waals surface area contributed by atoms with E-state index in [2.05, 4.69) is 52.1 Å². The number of aromatic nitrogens is 2. The second kappa shape index (κ2) is 6.57. The Bertz CT molecular complexity index is 787. The molecule has 2 rings (SSSR count). The molecule has 0 saturated carbocycles. The SMILES string of the molecule is Cc1cc(C)nc(NNS(=O)(=O)c2c(Br)cc(F)cc2Br)n1. The quantitative estimate of drug-likeness (QED) is 0.695. The van der Waals surface area contributed by atoms with Gasteiger partial charge in [-0.3, -0.25) is 5.43 Å². The molecule has 118 valence electrons. The molecule has 0 spiro atoms. The third kappa shape index (κ3) is 4.00. The minimum Gasteiger partial charge on any atom is -0.276 e. The Kier molecular flexibility index (Phi) is 5.15. The van der Waals surface area contributed by atoms with Crippen LogP contribution < -0.4 is 10.3 Å². The predicted molar refractivity (Wildman–Crippen MR) is 87.3 cm³/mol. The summed E-state index contributed by atoms with van der Waals surface area (Å²) in [6.45, 7) is 3.53. The number of benzene rings is 1. The van der Waals surface area contributed by atoms with Gasteiger partial charge in [0.1, 0.15) is 10.7 Å². The molecule has 0 saturated heterocycles. The van der Waals surface area contributed by atoms with Gasteiger partial charge in [0.15, 0.2) is 0 Å². The third-order valence-electron chi connectivity index (χ3n) is 2.51. The highest BCUT2D eigenvalue weighted by atomic mass is 79.9. The first-order valence-corrected chi connectivity index (χ1v) is 9.00. The van der Waals surface area contributed by atoms with Gasteiger partial charge in [-0.15, -0.1) is 4.83 Å².